The lowest BCUT2D eigenvalue weighted by atomic mass is 9.57. The zero-order valence-electron chi connectivity index (χ0n) is 17.0. The topological polar surface area (TPSA) is 175 Å². The Morgan fingerprint density at radius 1 is 1.10 bits per heavy atom. The van der Waals surface area contributed by atoms with E-state index in [1.807, 2.05) is 0 Å². The Labute approximate surface area is 176 Å². The number of rotatable bonds is 1. The van der Waals surface area contributed by atoms with Crippen molar-refractivity contribution in [3.05, 3.63) is 34.4 Å². The molecule has 0 bridgehead atoms. The molecule has 0 saturated heterocycles. The zero-order chi connectivity index (χ0) is 23.2. The molecule has 0 spiro atoms. The Hall–Kier alpha value is -3.14. The van der Waals surface area contributed by atoms with Gasteiger partial charge in [-0.1, -0.05) is 12.1 Å². The molecule has 1 saturated carbocycles. The Bertz CT molecular complexity index is 1230. The molecule has 0 heterocycles. The van der Waals surface area contributed by atoms with Crippen molar-refractivity contribution in [2.24, 2.45) is 17.6 Å². The lowest BCUT2D eigenvalue weighted by Crippen LogP contribution is -2.71. The molecule has 6 N–H and O–H groups in total. The average Bonchev–Trinajstić information content (AvgIpc) is 2.69. The van der Waals surface area contributed by atoms with Crippen molar-refractivity contribution < 1.29 is 39.6 Å². The quantitative estimate of drug-likeness (QED) is 0.396. The number of phenolic OH excluding ortho intramolecular Hbond substituents is 2. The van der Waals surface area contributed by atoms with Gasteiger partial charge in [0.2, 0.25) is 5.78 Å². The van der Waals surface area contributed by atoms with Gasteiger partial charge in [0.1, 0.15) is 23.2 Å². The van der Waals surface area contributed by atoms with Gasteiger partial charge in [-0.25, -0.2) is 0 Å². The van der Waals surface area contributed by atoms with Gasteiger partial charge in [0.05, 0.1) is 29.0 Å². The Kier molecular flexibility index (Phi) is 4.38. The number of benzene rings is 2. The highest BCUT2D eigenvalue weighted by Gasteiger charge is 2.67. The number of nitrogens with two attached hydrogens (primary N) is 1. The number of Topliss-reactive ketones (excluding diaryl/α,β-unsaturated/α-hetero) is 4. The number of fused-ring (bicyclic) bond motifs is 3. The van der Waals surface area contributed by atoms with Gasteiger partial charge < -0.3 is 26.2 Å². The van der Waals surface area contributed by atoms with Crippen molar-refractivity contribution in [1.29, 1.82) is 0 Å². The highest BCUT2D eigenvalue weighted by Crippen LogP contribution is 2.53. The van der Waals surface area contributed by atoms with Crippen molar-refractivity contribution in [3.63, 3.8) is 0 Å². The Morgan fingerprint density at radius 3 is 2.29 bits per heavy atom. The SMILES string of the molecule is CC(=O)C1C(=O)[C@H](N)C2C(O)c3c(c(O)c4c(O)c(C)ccc4c3C)C(=O)[C@]2(O)C1=O. The summed E-state index contributed by atoms with van der Waals surface area (Å²) in [5.41, 5.74) is 3.01. The number of aromatic hydroxyl groups is 2. The molecule has 0 aromatic heterocycles. The van der Waals surface area contributed by atoms with E-state index in [9.17, 15) is 39.6 Å². The number of aryl methyl sites for hydroxylation is 2. The summed E-state index contributed by atoms with van der Waals surface area (Å²) in [6.07, 6.45) is -1.77. The first-order valence-electron chi connectivity index (χ1n) is 9.64. The third kappa shape index (κ3) is 2.36. The molecule has 0 amide bonds. The van der Waals surface area contributed by atoms with Crippen molar-refractivity contribution in [2.75, 3.05) is 0 Å². The number of carbonyl (C=O) groups excluding carboxylic acids is 4. The minimum Gasteiger partial charge on any atom is -0.507 e. The van der Waals surface area contributed by atoms with E-state index in [0.29, 0.717) is 16.5 Å². The fraction of sp³-hybridized carbons (Fsp3) is 0.364. The van der Waals surface area contributed by atoms with E-state index in [4.69, 9.17) is 5.73 Å². The highest BCUT2D eigenvalue weighted by atomic mass is 16.3. The van der Waals surface area contributed by atoms with E-state index in [1.165, 1.54) is 6.92 Å². The van der Waals surface area contributed by atoms with E-state index < -0.39 is 64.0 Å². The maximum absolute atomic E-state index is 13.5. The van der Waals surface area contributed by atoms with E-state index in [1.54, 1.807) is 19.1 Å². The highest BCUT2D eigenvalue weighted by molar-refractivity contribution is 6.33. The number of carbonyl (C=O) groups is 4. The molecule has 9 nitrogen and oxygen atoms in total. The van der Waals surface area contributed by atoms with Crippen LogP contribution in [0.25, 0.3) is 10.8 Å². The molecule has 162 valence electrons. The summed E-state index contributed by atoms with van der Waals surface area (Å²) in [7, 11) is 0. The van der Waals surface area contributed by atoms with E-state index >= 15 is 0 Å². The molecule has 1 fully saturated rings. The summed E-state index contributed by atoms with van der Waals surface area (Å²) in [6, 6.07) is 1.49. The number of aliphatic hydroxyl groups excluding tert-OH is 1. The maximum Gasteiger partial charge on any atom is 0.206 e. The van der Waals surface area contributed by atoms with Gasteiger partial charge in [0.15, 0.2) is 17.2 Å². The first kappa shape index (κ1) is 21.1. The number of hydrogen-bond donors (Lipinski definition) is 5. The predicted molar refractivity (Wildman–Crippen MR) is 107 cm³/mol. The summed E-state index contributed by atoms with van der Waals surface area (Å²) in [5.74, 6) is -9.24. The molecule has 5 atom stereocenters. The van der Waals surface area contributed by atoms with Gasteiger partial charge in [-0.2, -0.15) is 0 Å². The molecule has 2 aromatic carbocycles. The van der Waals surface area contributed by atoms with E-state index in [2.05, 4.69) is 0 Å². The largest absolute Gasteiger partial charge is 0.507 e. The molecule has 9 heteroatoms. The number of hydrogen-bond acceptors (Lipinski definition) is 9. The zero-order valence-corrected chi connectivity index (χ0v) is 17.0. The van der Waals surface area contributed by atoms with Crippen molar-refractivity contribution in [3.8, 4) is 11.5 Å². The first-order valence-corrected chi connectivity index (χ1v) is 9.64. The summed E-state index contributed by atoms with van der Waals surface area (Å²) >= 11 is 0. The number of phenols is 2. The molecule has 3 unspecified atom stereocenters. The standard InChI is InChI=1S/C22H21NO8/c1-6-4-5-9-7(2)10-13(17(26)12(9)16(6)25)21(30)22(31)14(18(10)27)15(23)19(28)11(8(3)24)20(22)29/h4-5,11,14-15,18,25-27,31H,23H2,1-3H3/t11?,14?,15-,18?,22-/m1/s1. The van der Waals surface area contributed by atoms with Crippen LogP contribution in [0, 0.1) is 25.7 Å². The lowest BCUT2D eigenvalue weighted by molar-refractivity contribution is -0.164. The molecular weight excluding hydrogens is 406 g/mol. The molecule has 4 rings (SSSR count). The van der Waals surface area contributed by atoms with Gasteiger partial charge in [-0.15, -0.1) is 0 Å². The number of ketones is 4. The molecule has 2 aromatic rings. The smallest absolute Gasteiger partial charge is 0.206 e. The normalized spacial score (nSPS) is 30.3. The van der Waals surface area contributed by atoms with Gasteiger partial charge in [-0.3, -0.25) is 19.2 Å². The third-order valence-corrected chi connectivity index (χ3v) is 6.67. The molecule has 2 aliphatic rings. The number of aliphatic hydroxyl groups is 2. The van der Waals surface area contributed by atoms with Gasteiger partial charge in [0, 0.05) is 0 Å². The summed E-state index contributed by atoms with van der Waals surface area (Å²) in [4.78, 5) is 51.0. The fourth-order valence-electron chi connectivity index (χ4n) is 5.02. The minimum absolute atomic E-state index is 0.0781. The van der Waals surface area contributed by atoms with Crippen molar-refractivity contribution in [2.45, 2.75) is 38.5 Å². The second-order valence-corrected chi connectivity index (χ2v) is 8.32. The van der Waals surface area contributed by atoms with E-state index in [0.717, 1.165) is 6.92 Å². The second kappa shape index (κ2) is 6.43. The monoisotopic (exact) mass is 427 g/mol. The summed E-state index contributed by atoms with van der Waals surface area (Å²) < 4.78 is 0. The predicted octanol–water partition coefficient (Wildman–Crippen LogP) is 0.129. The van der Waals surface area contributed by atoms with Crippen molar-refractivity contribution >= 4 is 33.9 Å². The van der Waals surface area contributed by atoms with Crippen LogP contribution >= 0.6 is 0 Å². The molecule has 0 aliphatic heterocycles. The lowest BCUT2D eigenvalue weighted by Gasteiger charge is -2.48. The maximum atomic E-state index is 13.5. The summed E-state index contributed by atoms with van der Waals surface area (Å²) in [5, 5.41) is 44.0. The molecular formula is C22H21NO8. The van der Waals surface area contributed by atoms with Gasteiger partial charge in [-0.05, 0) is 42.8 Å². The van der Waals surface area contributed by atoms with Crippen LogP contribution in [0.3, 0.4) is 0 Å². The van der Waals surface area contributed by atoms with Gasteiger partial charge in [0.25, 0.3) is 0 Å². The third-order valence-electron chi connectivity index (χ3n) is 6.67. The van der Waals surface area contributed by atoms with E-state index in [-0.39, 0.29) is 16.7 Å². The van der Waals surface area contributed by atoms with Crippen molar-refractivity contribution in [1.82, 2.24) is 0 Å². The second-order valence-electron chi connectivity index (χ2n) is 8.32. The molecule has 2 aliphatic carbocycles. The van der Waals surface area contributed by atoms with Crippen LogP contribution in [0.5, 0.6) is 11.5 Å². The Morgan fingerprint density at radius 2 is 1.71 bits per heavy atom. The van der Waals surface area contributed by atoms with Crippen LogP contribution in [0.1, 0.15) is 40.1 Å². The van der Waals surface area contributed by atoms with Crippen LogP contribution < -0.4 is 5.73 Å². The van der Waals surface area contributed by atoms with Crippen LogP contribution in [0.4, 0.5) is 0 Å². The van der Waals surface area contributed by atoms with Crippen LogP contribution in [0.2, 0.25) is 0 Å². The summed E-state index contributed by atoms with van der Waals surface area (Å²) in [6.45, 7) is 4.08. The van der Waals surface area contributed by atoms with Crippen LogP contribution in [-0.4, -0.2) is 55.2 Å². The average molecular weight is 427 g/mol. The first-order chi connectivity index (χ1) is 14.4. The fourth-order valence-corrected chi connectivity index (χ4v) is 5.02. The van der Waals surface area contributed by atoms with Gasteiger partial charge >= 0.3 is 0 Å². The molecule has 0 radical (unpaired) electrons. The van der Waals surface area contributed by atoms with Crippen LogP contribution in [0.15, 0.2) is 12.1 Å². The van der Waals surface area contributed by atoms with Crippen LogP contribution in [-0.2, 0) is 14.4 Å². The molecule has 31 heavy (non-hydrogen) atoms. The Balaban J connectivity index is 2.11. The minimum atomic E-state index is -2.99.